The van der Waals surface area contributed by atoms with Gasteiger partial charge in [-0.2, -0.15) is 0 Å². The summed E-state index contributed by atoms with van der Waals surface area (Å²) in [5, 5.41) is 12.5. The topological polar surface area (TPSA) is 35.5 Å². The van der Waals surface area contributed by atoms with E-state index in [0.717, 1.165) is 26.1 Å². The first-order chi connectivity index (χ1) is 9.60. The van der Waals surface area contributed by atoms with Gasteiger partial charge in [0.1, 0.15) is 0 Å². The fourth-order valence-corrected chi connectivity index (χ4v) is 3.18. The van der Waals surface area contributed by atoms with Gasteiger partial charge in [-0.15, -0.1) is 0 Å². The Balaban J connectivity index is 1.98. The van der Waals surface area contributed by atoms with Crippen LogP contribution in [0.15, 0.2) is 22.7 Å². The molecule has 1 unspecified atom stereocenters. The molecule has 112 valence electrons. The first-order valence-electron chi connectivity index (χ1n) is 7.47. The quantitative estimate of drug-likeness (QED) is 0.834. The molecule has 1 heterocycles. The van der Waals surface area contributed by atoms with Crippen molar-refractivity contribution in [2.45, 2.75) is 39.3 Å². The third-order valence-electron chi connectivity index (χ3n) is 3.93. The predicted molar refractivity (Wildman–Crippen MR) is 88.1 cm³/mol. The van der Waals surface area contributed by atoms with Crippen LogP contribution in [-0.2, 0) is 6.54 Å². The summed E-state index contributed by atoms with van der Waals surface area (Å²) < 4.78 is 1.17. The molecule has 0 amide bonds. The number of nitrogens with zero attached hydrogens (tertiary/aromatic N) is 1. The fraction of sp³-hybridized carbons (Fsp3) is 0.625. The summed E-state index contributed by atoms with van der Waals surface area (Å²) in [6.45, 7) is 7.69. The van der Waals surface area contributed by atoms with Crippen molar-refractivity contribution in [1.29, 1.82) is 0 Å². The van der Waals surface area contributed by atoms with E-state index in [1.165, 1.54) is 22.1 Å². The summed E-state index contributed by atoms with van der Waals surface area (Å²) in [5.74, 6) is 0.640. The highest BCUT2D eigenvalue weighted by molar-refractivity contribution is 9.10. The molecule has 4 heteroatoms. The van der Waals surface area contributed by atoms with Gasteiger partial charge < -0.3 is 15.3 Å². The van der Waals surface area contributed by atoms with Crippen molar-refractivity contribution in [3.63, 3.8) is 0 Å². The molecule has 1 atom stereocenters. The van der Waals surface area contributed by atoms with Gasteiger partial charge in [-0.05, 0) is 36.5 Å². The van der Waals surface area contributed by atoms with Crippen molar-refractivity contribution in [2.75, 3.05) is 24.6 Å². The second-order valence-corrected chi connectivity index (χ2v) is 6.78. The lowest BCUT2D eigenvalue weighted by Gasteiger charge is -2.20. The van der Waals surface area contributed by atoms with Gasteiger partial charge in [0, 0.05) is 42.4 Å². The molecule has 1 aliphatic rings. The molecule has 0 saturated carbocycles. The van der Waals surface area contributed by atoms with Gasteiger partial charge in [-0.1, -0.05) is 35.8 Å². The molecule has 0 radical (unpaired) electrons. The minimum absolute atomic E-state index is 0.308. The number of aliphatic hydroxyl groups is 1. The smallest absolute Gasteiger partial charge is 0.0434 e. The zero-order valence-corrected chi connectivity index (χ0v) is 14.0. The Bertz CT molecular complexity index is 436. The Labute approximate surface area is 130 Å². The number of anilines is 1. The van der Waals surface area contributed by atoms with Gasteiger partial charge in [-0.3, -0.25) is 0 Å². The third-order valence-corrected chi connectivity index (χ3v) is 4.66. The molecule has 1 fully saturated rings. The first-order valence-corrected chi connectivity index (χ1v) is 8.27. The molecule has 2 N–H and O–H groups in total. The molecule has 2 rings (SSSR count). The highest BCUT2D eigenvalue weighted by Gasteiger charge is 2.22. The van der Waals surface area contributed by atoms with Crippen LogP contribution in [0.4, 0.5) is 5.69 Å². The number of halogens is 1. The Hall–Kier alpha value is -0.580. The van der Waals surface area contributed by atoms with Crippen molar-refractivity contribution in [2.24, 2.45) is 5.92 Å². The van der Waals surface area contributed by atoms with E-state index in [4.69, 9.17) is 5.11 Å². The molecule has 0 spiro atoms. The van der Waals surface area contributed by atoms with E-state index >= 15 is 0 Å². The van der Waals surface area contributed by atoms with Crippen LogP contribution in [-0.4, -0.2) is 30.8 Å². The minimum Gasteiger partial charge on any atom is -0.396 e. The van der Waals surface area contributed by atoms with Gasteiger partial charge in [-0.25, -0.2) is 0 Å². The maximum Gasteiger partial charge on any atom is 0.0434 e. The van der Waals surface area contributed by atoms with Crippen LogP contribution in [0.25, 0.3) is 0 Å². The lowest BCUT2D eigenvalue weighted by atomic mass is 10.1. The molecule has 1 saturated heterocycles. The normalized spacial score (nSPS) is 19.1. The summed E-state index contributed by atoms with van der Waals surface area (Å²) in [6.07, 6.45) is 2.11. The summed E-state index contributed by atoms with van der Waals surface area (Å²) in [4.78, 5) is 2.42. The standard InChI is InChI=1S/C16H25BrN2O/c1-12(2)18-10-14-3-4-15(9-16(14)17)19-7-5-13(11-19)6-8-20/h3-4,9,12-13,18,20H,5-8,10-11H2,1-2H3. The van der Waals surface area contributed by atoms with Crippen LogP contribution < -0.4 is 10.2 Å². The summed E-state index contributed by atoms with van der Waals surface area (Å²) in [6, 6.07) is 7.13. The van der Waals surface area contributed by atoms with Gasteiger partial charge in [0.2, 0.25) is 0 Å². The number of hydrogen-bond acceptors (Lipinski definition) is 3. The Morgan fingerprint density at radius 2 is 2.25 bits per heavy atom. The van der Waals surface area contributed by atoms with Crippen molar-refractivity contribution in [3.8, 4) is 0 Å². The lowest BCUT2D eigenvalue weighted by Crippen LogP contribution is -2.22. The molecule has 3 nitrogen and oxygen atoms in total. The van der Waals surface area contributed by atoms with Crippen LogP contribution in [0.1, 0.15) is 32.3 Å². The van der Waals surface area contributed by atoms with E-state index in [2.05, 4.69) is 58.2 Å². The number of nitrogens with one attached hydrogen (secondary N) is 1. The van der Waals surface area contributed by atoms with E-state index < -0.39 is 0 Å². The third kappa shape index (κ3) is 4.21. The average molecular weight is 341 g/mol. The second kappa shape index (κ2) is 7.43. The van der Waals surface area contributed by atoms with E-state index in [-0.39, 0.29) is 0 Å². The zero-order valence-electron chi connectivity index (χ0n) is 12.4. The predicted octanol–water partition coefficient (Wildman–Crippen LogP) is 3.16. The van der Waals surface area contributed by atoms with Crippen molar-refractivity contribution >= 4 is 21.6 Å². The number of benzene rings is 1. The summed E-state index contributed by atoms with van der Waals surface area (Å²) >= 11 is 3.68. The van der Waals surface area contributed by atoms with Crippen LogP contribution in [0.5, 0.6) is 0 Å². The minimum atomic E-state index is 0.308. The lowest BCUT2D eigenvalue weighted by molar-refractivity contribution is 0.263. The monoisotopic (exact) mass is 340 g/mol. The average Bonchev–Trinajstić information content (AvgIpc) is 2.86. The zero-order chi connectivity index (χ0) is 14.5. The number of hydrogen-bond donors (Lipinski definition) is 2. The van der Waals surface area contributed by atoms with Crippen LogP contribution in [0.2, 0.25) is 0 Å². The van der Waals surface area contributed by atoms with Gasteiger partial charge in [0.25, 0.3) is 0 Å². The molecule has 1 aromatic rings. The van der Waals surface area contributed by atoms with E-state index in [9.17, 15) is 0 Å². The molecular formula is C16H25BrN2O. The molecular weight excluding hydrogens is 316 g/mol. The van der Waals surface area contributed by atoms with Gasteiger partial charge in [0.15, 0.2) is 0 Å². The van der Waals surface area contributed by atoms with Crippen molar-refractivity contribution < 1.29 is 5.11 Å². The molecule has 0 aliphatic carbocycles. The fourth-order valence-electron chi connectivity index (χ4n) is 2.68. The molecule has 1 aromatic carbocycles. The Morgan fingerprint density at radius 3 is 2.90 bits per heavy atom. The second-order valence-electron chi connectivity index (χ2n) is 5.92. The van der Waals surface area contributed by atoms with Gasteiger partial charge >= 0.3 is 0 Å². The SMILES string of the molecule is CC(C)NCc1ccc(N2CCC(CCO)C2)cc1Br. The number of aliphatic hydroxyl groups excluding tert-OH is 1. The number of rotatable bonds is 6. The molecule has 20 heavy (non-hydrogen) atoms. The van der Waals surface area contributed by atoms with Gasteiger partial charge in [0.05, 0.1) is 0 Å². The largest absolute Gasteiger partial charge is 0.396 e. The van der Waals surface area contributed by atoms with Crippen molar-refractivity contribution in [1.82, 2.24) is 5.32 Å². The Morgan fingerprint density at radius 1 is 1.45 bits per heavy atom. The van der Waals surface area contributed by atoms with Crippen LogP contribution >= 0.6 is 15.9 Å². The molecule has 0 aromatic heterocycles. The summed E-state index contributed by atoms with van der Waals surface area (Å²) in [5.41, 5.74) is 2.58. The van der Waals surface area contributed by atoms with Crippen molar-refractivity contribution in [3.05, 3.63) is 28.2 Å². The summed E-state index contributed by atoms with van der Waals surface area (Å²) in [7, 11) is 0. The van der Waals surface area contributed by atoms with Crippen LogP contribution in [0.3, 0.4) is 0 Å². The van der Waals surface area contributed by atoms with E-state index in [0.29, 0.717) is 18.6 Å². The highest BCUT2D eigenvalue weighted by Crippen LogP contribution is 2.29. The Kier molecular flexibility index (Phi) is 5.87. The highest BCUT2D eigenvalue weighted by atomic mass is 79.9. The van der Waals surface area contributed by atoms with E-state index in [1.54, 1.807) is 0 Å². The molecule has 0 bridgehead atoms. The van der Waals surface area contributed by atoms with E-state index in [1.807, 2.05) is 0 Å². The molecule has 1 aliphatic heterocycles. The first kappa shape index (κ1) is 15.8. The van der Waals surface area contributed by atoms with Crippen LogP contribution in [0, 0.1) is 5.92 Å². The maximum atomic E-state index is 9.03. The maximum absolute atomic E-state index is 9.03.